The molecule has 0 aliphatic heterocycles. The highest BCUT2D eigenvalue weighted by atomic mass is 35.5. The molecule has 9 heteroatoms. The zero-order valence-electron chi connectivity index (χ0n) is 23.0. The van der Waals surface area contributed by atoms with Crippen molar-refractivity contribution in [3.05, 3.63) is 95.0 Å². The van der Waals surface area contributed by atoms with E-state index in [1.54, 1.807) is 42.5 Å². The van der Waals surface area contributed by atoms with E-state index >= 15 is 0 Å². The SMILES string of the molecule is CC[C@H](C(=O)NC(C)(C)C)N(Cc1cccc(C)c1)C(=O)CN(c1ccc(Cl)cc1)S(=O)(=O)c1ccccc1. The van der Waals surface area contributed by atoms with Gasteiger partial charge in [0, 0.05) is 17.1 Å². The smallest absolute Gasteiger partial charge is 0.264 e. The third-order valence-electron chi connectivity index (χ3n) is 6.04. The van der Waals surface area contributed by atoms with Crippen LogP contribution in [0.1, 0.15) is 45.2 Å². The number of nitrogens with zero attached hydrogens (tertiary/aromatic N) is 2. The van der Waals surface area contributed by atoms with Crippen LogP contribution in [0, 0.1) is 6.92 Å². The van der Waals surface area contributed by atoms with E-state index in [2.05, 4.69) is 5.32 Å². The standard InChI is InChI=1S/C30H36ClN3O4S/c1-6-27(29(36)32-30(3,4)5)33(20-23-12-10-11-22(2)19-23)28(35)21-34(25-17-15-24(31)16-18-25)39(37,38)26-13-8-7-9-14-26/h7-19,27H,6,20-21H2,1-5H3,(H,32,36)/t27-/m1/s1. The molecule has 0 heterocycles. The van der Waals surface area contributed by atoms with Crippen LogP contribution in [0.5, 0.6) is 0 Å². The van der Waals surface area contributed by atoms with Gasteiger partial charge in [-0.15, -0.1) is 0 Å². The van der Waals surface area contributed by atoms with E-state index in [0.29, 0.717) is 17.1 Å². The molecule has 3 rings (SSSR count). The van der Waals surface area contributed by atoms with Gasteiger partial charge < -0.3 is 10.2 Å². The Labute approximate surface area is 236 Å². The van der Waals surface area contributed by atoms with Crippen LogP contribution in [-0.4, -0.2) is 43.3 Å². The maximum absolute atomic E-state index is 14.0. The summed E-state index contributed by atoms with van der Waals surface area (Å²) in [7, 11) is -4.11. The number of rotatable bonds is 10. The molecular formula is C30H36ClN3O4S. The van der Waals surface area contributed by atoms with Gasteiger partial charge in [-0.2, -0.15) is 0 Å². The molecule has 39 heavy (non-hydrogen) atoms. The van der Waals surface area contributed by atoms with E-state index in [-0.39, 0.29) is 17.3 Å². The summed E-state index contributed by atoms with van der Waals surface area (Å²) in [5.41, 5.74) is 1.64. The van der Waals surface area contributed by atoms with Crippen molar-refractivity contribution in [3.8, 4) is 0 Å². The average molecular weight is 570 g/mol. The Bertz CT molecular complexity index is 1390. The Balaban J connectivity index is 2.06. The van der Waals surface area contributed by atoms with Crippen LogP contribution in [0.25, 0.3) is 0 Å². The van der Waals surface area contributed by atoms with Gasteiger partial charge in [0.15, 0.2) is 0 Å². The molecule has 0 aromatic heterocycles. The number of carbonyl (C=O) groups is 2. The first kappa shape index (κ1) is 30.2. The molecule has 7 nitrogen and oxygen atoms in total. The van der Waals surface area contributed by atoms with Crippen molar-refractivity contribution in [2.75, 3.05) is 10.8 Å². The second-order valence-corrected chi connectivity index (χ2v) is 12.8. The molecule has 3 aromatic rings. The zero-order valence-corrected chi connectivity index (χ0v) is 24.6. The van der Waals surface area contributed by atoms with Gasteiger partial charge in [0.2, 0.25) is 11.8 Å². The summed E-state index contributed by atoms with van der Waals surface area (Å²) in [6.07, 6.45) is 0.353. The van der Waals surface area contributed by atoms with E-state index in [1.165, 1.54) is 17.0 Å². The molecular weight excluding hydrogens is 534 g/mol. The molecule has 0 spiro atoms. The van der Waals surface area contributed by atoms with Crippen LogP contribution in [0.15, 0.2) is 83.8 Å². The first-order chi connectivity index (χ1) is 18.3. The summed E-state index contributed by atoms with van der Waals surface area (Å²) in [5, 5.41) is 3.41. The summed E-state index contributed by atoms with van der Waals surface area (Å²) in [6.45, 7) is 9.06. The van der Waals surface area contributed by atoms with Crippen molar-refractivity contribution in [1.29, 1.82) is 0 Å². The second-order valence-electron chi connectivity index (χ2n) is 10.5. The zero-order chi connectivity index (χ0) is 28.8. The Hall–Kier alpha value is -3.36. The van der Waals surface area contributed by atoms with Crippen molar-refractivity contribution >= 4 is 39.1 Å². The average Bonchev–Trinajstić information content (AvgIpc) is 2.87. The summed E-state index contributed by atoms with van der Waals surface area (Å²) >= 11 is 6.07. The highest BCUT2D eigenvalue weighted by molar-refractivity contribution is 7.92. The number of sulfonamides is 1. The molecule has 0 bridgehead atoms. The predicted molar refractivity (Wildman–Crippen MR) is 156 cm³/mol. The Kier molecular flexibility index (Phi) is 9.80. The molecule has 0 aliphatic rings. The van der Waals surface area contributed by atoms with Crippen molar-refractivity contribution < 1.29 is 18.0 Å². The van der Waals surface area contributed by atoms with Crippen molar-refractivity contribution in [1.82, 2.24) is 10.2 Å². The lowest BCUT2D eigenvalue weighted by Crippen LogP contribution is -2.55. The number of hydrogen-bond acceptors (Lipinski definition) is 4. The van der Waals surface area contributed by atoms with Crippen molar-refractivity contribution in [3.63, 3.8) is 0 Å². The van der Waals surface area contributed by atoms with E-state index in [0.717, 1.165) is 15.4 Å². The topological polar surface area (TPSA) is 86.8 Å². The molecule has 1 atom stereocenters. The summed E-state index contributed by atoms with van der Waals surface area (Å²) in [4.78, 5) is 28.9. The van der Waals surface area contributed by atoms with Gasteiger partial charge in [0.05, 0.1) is 10.6 Å². The minimum absolute atomic E-state index is 0.0514. The van der Waals surface area contributed by atoms with E-state index in [9.17, 15) is 18.0 Å². The summed E-state index contributed by atoms with van der Waals surface area (Å²) in [6, 6.07) is 21.1. The minimum atomic E-state index is -4.11. The molecule has 0 unspecified atom stereocenters. The maximum atomic E-state index is 14.0. The number of anilines is 1. The number of carbonyl (C=O) groups excluding carboxylic acids is 2. The number of hydrogen-bond donors (Lipinski definition) is 1. The van der Waals surface area contributed by atoms with Crippen molar-refractivity contribution in [2.24, 2.45) is 0 Å². The quantitative estimate of drug-likeness (QED) is 0.346. The molecule has 2 amide bonds. The molecule has 3 aromatic carbocycles. The van der Waals surface area contributed by atoms with Gasteiger partial charge in [-0.25, -0.2) is 8.42 Å². The van der Waals surface area contributed by atoms with Crippen LogP contribution in [0.2, 0.25) is 5.02 Å². The minimum Gasteiger partial charge on any atom is -0.350 e. The summed E-state index contributed by atoms with van der Waals surface area (Å²) < 4.78 is 28.6. The molecule has 0 saturated heterocycles. The predicted octanol–water partition coefficient (Wildman–Crippen LogP) is 5.57. The van der Waals surface area contributed by atoms with Crippen LogP contribution in [-0.2, 0) is 26.2 Å². The molecule has 208 valence electrons. The van der Waals surface area contributed by atoms with Crippen LogP contribution >= 0.6 is 11.6 Å². The Morgan fingerprint density at radius 1 is 0.949 bits per heavy atom. The van der Waals surface area contributed by atoms with Gasteiger partial charge in [-0.05, 0) is 76.1 Å². The third kappa shape index (κ3) is 8.07. The van der Waals surface area contributed by atoms with Crippen LogP contribution in [0.3, 0.4) is 0 Å². The van der Waals surface area contributed by atoms with Gasteiger partial charge in [-0.3, -0.25) is 13.9 Å². The normalized spacial score (nSPS) is 12.5. The van der Waals surface area contributed by atoms with Crippen LogP contribution < -0.4 is 9.62 Å². The largest absolute Gasteiger partial charge is 0.350 e. The van der Waals surface area contributed by atoms with E-state index in [4.69, 9.17) is 11.6 Å². The Morgan fingerprint density at radius 3 is 2.15 bits per heavy atom. The van der Waals surface area contributed by atoms with Gasteiger partial charge in [0.1, 0.15) is 12.6 Å². The lowest BCUT2D eigenvalue weighted by molar-refractivity contribution is -0.141. The van der Waals surface area contributed by atoms with Gasteiger partial charge in [0.25, 0.3) is 10.0 Å². The monoisotopic (exact) mass is 569 g/mol. The first-order valence-electron chi connectivity index (χ1n) is 12.8. The molecule has 0 radical (unpaired) electrons. The van der Waals surface area contributed by atoms with Gasteiger partial charge >= 0.3 is 0 Å². The number of aryl methyl sites for hydroxylation is 1. The maximum Gasteiger partial charge on any atom is 0.264 e. The molecule has 1 N–H and O–H groups in total. The highest BCUT2D eigenvalue weighted by Crippen LogP contribution is 2.26. The fourth-order valence-corrected chi connectivity index (χ4v) is 5.80. The fourth-order valence-electron chi connectivity index (χ4n) is 4.24. The highest BCUT2D eigenvalue weighted by Gasteiger charge is 2.34. The number of nitrogens with one attached hydrogen (secondary N) is 1. The lowest BCUT2D eigenvalue weighted by atomic mass is 10.0. The van der Waals surface area contributed by atoms with Gasteiger partial charge in [-0.1, -0.05) is 66.6 Å². The van der Waals surface area contributed by atoms with E-state index < -0.39 is 34.1 Å². The lowest BCUT2D eigenvalue weighted by Gasteiger charge is -2.34. The number of halogens is 1. The molecule has 0 aliphatic carbocycles. The van der Waals surface area contributed by atoms with Crippen molar-refractivity contribution in [2.45, 2.75) is 64.1 Å². The molecule has 0 saturated carbocycles. The number of amides is 2. The summed E-state index contributed by atoms with van der Waals surface area (Å²) in [5.74, 6) is -0.795. The fraction of sp³-hybridized carbons (Fsp3) is 0.333. The molecule has 0 fully saturated rings. The third-order valence-corrected chi connectivity index (χ3v) is 8.08. The first-order valence-corrected chi connectivity index (χ1v) is 14.6. The Morgan fingerprint density at radius 2 is 1.59 bits per heavy atom. The van der Waals surface area contributed by atoms with E-state index in [1.807, 2.05) is 58.9 Å². The van der Waals surface area contributed by atoms with Crippen LogP contribution in [0.4, 0.5) is 5.69 Å². The second kappa shape index (κ2) is 12.7. The number of benzene rings is 3.